The van der Waals surface area contributed by atoms with E-state index in [0.717, 1.165) is 18.4 Å². The van der Waals surface area contributed by atoms with Crippen LogP contribution in [0, 0.1) is 17.3 Å². The maximum Gasteiger partial charge on any atom is 0.0685 e. The van der Waals surface area contributed by atoms with Gasteiger partial charge in [-0.2, -0.15) is 0 Å². The van der Waals surface area contributed by atoms with E-state index in [9.17, 15) is 0 Å². The minimum Gasteiger partial charge on any atom is -0.377 e. The molecule has 0 aromatic rings. The molecule has 1 aliphatic carbocycles. The molecular weight excluding hydrogens is 236 g/mol. The van der Waals surface area contributed by atoms with Gasteiger partial charge in [-0.25, -0.2) is 0 Å². The van der Waals surface area contributed by atoms with Crippen LogP contribution in [-0.2, 0) is 4.74 Å². The highest BCUT2D eigenvalue weighted by atomic mass is 16.5. The van der Waals surface area contributed by atoms with Gasteiger partial charge in [-0.3, -0.25) is 0 Å². The van der Waals surface area contributed by atoms with E-state index in [1.54, 1.807) is 0 Å². The molecular formula is C16H30N2O. The van der Waals surface area contributed by atoms with E-state index in [4.69, 9.17) is 4.74 Å². The van der Waals surface area contributed by atoms with Gasteiger partial charge in [0.25, 0.3) is 0 Å². The molecule has 3 rings (SSSR count). The van der Waals surface area contributed by atoms with Crippen LogP contribution < -0.4 is 5.32 Å². The van der Waals surface area contributed by atoms with Crippen molar-refractivity contribution in [1.82, 2.24) is 10.2 Å². The third-order valence-corrected chi connectivity index (χ3v) is 5.77. The Kier molecular flexibility index (Phi) is 3.65. The fourth-order valence-corrected chi connectivity index (χ4v) is 4.53. The van der Waals surface area contributed by atoms with Crippen LogP contribution in [0.2, 0.25) is 0 Å². The molecule has 1 N–H and O–H groups in total. The lowest BCUT2D eigenvalue weighted by Crippen LogP contribution is -2.66. The Morgan fingerprint density at radius 1 is 1.32 bits per heavy atom. The van der Waals surface area contributed by atoms with E-state index in [0.29, 0.717) is 23.6 Å². The summed E-state index contributed by atoms with van der Waals surface area (Å²) in [6.45, 7) is 14.1. The lowest BCUT2D eigenvalue weighted by Gasteiger charge is -2.55. The number of nitrogens with one attached hydrogen (secondary N) is 1. The molecule has 2 heterocycles. The molecule has 0 spiro atoms. The molecule has 0 aromatic heterocycles. The Bertz CT molecular complexity index is 329. The van der Waals surface area contributed by atoms with Crippen molar-refractivity contribution in [3.63, 3.8) is 0 Å². The number of likely N-dealkylation sites (tertiary alicyclic amines) is 1. The van der Waals surface area contributed by atoms with Crippen molar-refractivity contribution in [3.05, 3.63) is 0 Å². The van der Waals surface area contributed by atoms with E-state index in [-0.39, 0.29) is 0 Å². The van der Waals surface area contributed by atoms with Crippen LogP contribution in [0.1, 0.15) is 40.5 Å². The topological polar surface area (TPSA) is 24.5 Å². The molecule has 3 aliphatic rings. The largest absolute Gasteiger partial charge is 0.377 e. The monoisotopic (exact) mass is 266 g/mol. The van der Waals surface area contributed by atoms with Gasteiger partial charge in [0, 0.05) is 36.6 Å². The SMILES string of the molecule is CC(C)N1CCC(CNC2C3CCOC3C2(C)C)C1. The molecule has 0 radical (unpaired) electrons. The molecule has 4 atom stereocenters. The van der Waals surface area contributed by atoms with Crippen LogP contribution in [0.25, 0.3) is 0 Å². The average molecular weight is 266 g/mol. The van der Waals surface area contributed by atoms with E-state index < -0.39 is 0 Å². The third kappa shape index (κ3) is 2.34. The van der Waals surface area contributed by atoms with Gasteiger partial charge in [-0.15, -0.1) is 0 Å². The van der Waals surface area contributed by atoms with E-state index in [2.05, 4.69) is 37.9 Å². The van der Waals surface area contributed by atoms with Gasteiger partial charge >= 0.3 is 0 Å². The standard InChI is InChI=1S/C16H30N2O/c1-11(2)18-7-5-12(10-18)9-17-14-13-6-8-19-15(13)16(14,3)4/h11-15,17H,5-10H2,1-4H3. The van der Waals surface area contributed by atoms with E-state index in [1.807, 2.05) is 0 Å². The zero-order valence-electron chi connectivity index (χ0n) is 13.0. The predicted molar refractivity (Wildman–Crippen MR) is 78.2 cm³/mol. The summed E-state index contributed by atoms with van der Waals surface area (Å²) in [6.07, 6.45) is 3.14. The van der Waals surface area contributed by atoms with Crippen molar-refractivity contribution in [2.45, 2.75) is 58.7 Å². The summed E-state index contributed by atoms with van der Waals surface area (Å²) in [6, 6.07) is 1.38. The van der Waals surface area contributed by atoms with Crippen LogP contribution in [0.4, 0.5) is 0 Å². The molecule has 110 valence electrons. The lowest BCUT2D eigenvalue weighted by atomic mass is 9.57. The smallest absolute Gasteiger partial charge is 0.0685 e. The Balaban J connectivity index is 1.48. The predicted octanol–water partition coefficient (Wildman–Crippen LogP) is 2.12. The van der Waals surface area contributed by atoms with Gasteiger partial charge in [0.05, 0.1) is 6.10 Å². The zero-order valence-corrected chi connectivity index (χ0v) is 13.0. The molecule has 0 bridgehead atoms. The highest BCUT2D eigenvalue weighted by molar-refractivity contribution is 5.11. The van der Waals surface area contributed by atoms with Crippen molar-refractivity contribution >= 4 is 0 Å². The quantitative estimate of drug-likeness (QED) is 0.843. The maximum absolute atomic E-state index is 5.87. The first-order valence-electron chi connectivity index (χ1n) is 8.09. The van der Waals surface area contributed by atoms with Gasteiger partial charge < -0.3 is 15.0 Å². The van der Waals surface area contributed by atoms with Crippen molar-refractivity contribution in [2.75, 3.05) is 26.2 Å². The molecule has 3 heteroatoms. The molecule has 19 heavy (non-hydrogen) atoms. The first-order valence-corrected chi connectivity index (χ1v) is 8.09. The van der Waals surface area contributed by atoms with Gasteiger partial charge in [-0.05, 0) is 45.7 Å². The van der Waals surface area contributed by atoms with Crippen molar-refractivity contribution < 1.29 is 4.74 Å². The fraction of sp³-hybridized carbons (Fsp3) is 1.00. The van der Waals surface area contributed by atoms with Crippen LogP contribution in [-0.4, -0.2) is 49.3 Å². The fourth-order valence-electron chi connectivity index (χ4n) is 4.53. The summed E-state index contributed by atoms with van der Waals surface area (Å²) < 4.78 is 5.87. The van der Waals surface area contributed by atoms with Crippen molar-refractivity contribution in [3.8, 4) is 0 Å². The summed E-state index contributed by atoms with van der Waals surface area (Å²) in [5, 5.41) is 3.88. The number of rotatable bonds is 4. The maximum atomic E-state index is 5.87. The Hall–Kier alpha value is -0.120. The van der Waals surface area contributed by atoms with Gasteiger partial charge in [0.1, 0.15) is 0 Å². The molecule has 4 unspecified atom stereocenters. The number of fused-ring (bicyclic) bond motifs is 1. The molecule has 3 nitrogen and oxygen atoms in total. The lowest BCUT2D eigenvalue weighted by molar-refractivity contribution is -0.113. The van der Waals surface area contributed by atoms with E-state index in [1.165, 1.54) is 32.5 Å². The van der Waals surface area contributed by atoms with Crippen LogP contribution in [0.15, 0.2) is 0 Å². The molecule has 0 aromatic carbocycles. The number of hydrogen-bond acceptors (Lipinski definition) is 3. The van der Waals surface area contributed by atoms with Gasteiger partial charge in [0.2, 0.25) is 0 Å². The Morgan fingerprint density at radius 2 is 2.11 bits per heavy atom. The number of ether oxygens (including phenoxy) is 1. The molecule has 2 saturated heterocycles. The third-order valence-electron chi connectivity index (χ3n) is 5.77. The van der Waals surface area contributed by atoms with Gasteiger partial charge in [-0.1, -0.05) is 13.8 Å². The normalized spacial score (nSPS) is 41.5. The van der Waals surface area contributed by atoms with Crippen LogP contribution in [0.3, 0.4) is 0 Å². The molecule has 1 saturated carbocycles. The summed E-state index contributed by atoms with van der Waals surface area (Å²) in [4.78, 5) is 2.61. The highest BCUT2D eigenvalue weighted by Crippen LogP contribution is 2.52. The second kappa shape index (κ2) is 5.01. The van der Waals surface area contributed by atoms with Crippen LogP contribution >= 0.6 is 0 Å². The number of nitrogens with zero attached hydrogens (tertiary/aromatic N) is 1. The summed E-state index contributed by atoms with van der Waals surface area (Å²) >= 11 is 0. The minimum absolute atomic E-state index is 0.331. The first-order chi connectivity index (χ1) is 9.00. The zero-order chi connectivity index (χ0) is 13.6. The number of hydrogen-bond donors (Lipinski definition) is 1. The Morgan fingerprint density at radius 3 is 2.79 bits per heavy atom. The Labute approximate surface area is 118 Å². The second-order valence-electron chi connectivity index (χ2n) is 7.69. The van der Waals surface area contributed by atoms with E-state index >= 15 is 0 Å². The van der Waals surface area contributed by atoms with Gasteiger partial charge in [0.15, 0.2) is 0 Å². The molecule has 3 fully saturated rings. The first kappa shape index (κ1) is 13.8. The van der Waals surface area contributed by atoms with Crippen molar-refractivity contribution in [2.24, 2.45) is 17.3 Å². The second-order valence-corrected chi connectivity index (χ2v) is 7.69. The minimum atomic E-state index is 0.331. The molecule has 2 aliphatic heterocycles. The van der Waals surface area contributed by atoms with Crippen LogP contribution in [0.5, 0.6) is 0 Å². The highest BCUT2D eigenvalue weighted by Gasteiger charge is 2.59. The molecule has 0 amide bonds. The summed E-state index contributed by atoms with van der Waals surface area (Å²) in [7, 11) is 0. The summed E-state index contributed by atoms with van der Waals surface area (Å²) in [5.41, 5.74) is 0.331. The summed E-state index contributed by atoms with van der Waals surface area (Å²) in [5.74, 6) is 1.62. The van der Waals surface area contributed by atoms with Crippen molar-refractivity contribution in [1.29, 1.82) is 0 Å². The average Bonchev–Trinajstić information content (AvgIpc) is 2.96.